The molecule has 2 aromatic heterocycles. The second-order valence-electron chi connectivity index (χ2n) is 4.54. The van der Waals surface area contributed by atoms with Gasteiger partial charge in [0.1, 0.15) is 5.69 Å². The lowest BCUT2D eigenvalue weighted by molar-refractivity contribution is 0.513. The van der Waals surface area contributed by atoms with Crippen LogP contribution in [0.4, 0.5) is 13.9 Å². The predicted octanol–water partition coefficient (Wildman–Crippen LogP) is 3.88. The van der Waals surface area contributed by atoms with Crippen LogP contribution in [0.2, 0.25) is 5.15 Å². The number of hydrogen-bond donors (Lipinski definition) is 1. The van der Waals surface area contributed by atoms with E-state index in [0.29, 0.717) is 15.8 Å². The molecule has 8 heteroatoms. The third-order valence-corrected chi connectivity index (χ3v) is 4.49. The average molecular weight is 327 g/mol. The van der Waals surface area contributed by atoms with Crippen LogP contribution in [-0.2, 0) is 0 Å². The minimum atomic E-state index is -1.02. The molecule has 0 saturated carbocycles. The van der Waals surface area contributed by atoms with Crippen LogP contribution in [0.3, 0.4) is 0 Å². The lowest BCUT2D eigenvalue weighted by Crippen LogP contribution is -2.00. The Bertz CT molecular complexity index is 878. The molecule has 0 fully saturated rings. The van der Waals surface area contributed by atoms with E-state index in [9.17, 15) is 8.78 Å². The molecule has 0 unspecified atom stereocenters. The molecule has 21 heavy (non-hydrogen) atoms. The van der Waals surface area contributed by atoms with Crippen molar-refractivity contribution < 1.29 is 8.78 Å². The number of nitrogens with two attached hydrogens (primary N) is 1. The topological polar surface area (TPSA) is 64.7 Å². The first-order valence-corrected chi connectivity index (χ1v) is 7.13. The van der Waals surface area contributed by atoms with Crippen molar-refractivity contribution in [3.63, 3.8) is 0 Å². The second-order valence-corrected chi connectivity index (χ2v) is 5.96. The fourth-order valence-corrected chi connectivity index (χ4v) is 3.01. The number of nitrogens with zero attached hydrogens (tertiary/aromatic N) is 3. The molecule has 2 heterocycles. The molecule has 1 aromatic carbocycles. The molecule has 0 saturated heterocycles. The average Bonchev–Trinajstić information content (AvgIpc) is 2.79. The summed E-state index contributed by atoms with van der Waals surface area (Å²) in [6, 6.07) is 1.08. The van der Waals surface area contributed by atoms with Gasteiger partial charge in [-0.15, -0.1) is 10.2 Å². The molecule has 108 valence electrons. The van der Waals surface area contributed by atoms with Gasteiger partial charge >= 0.3 is 0 Å². The maximum absolute atomic E-state index is 14.3. The van der Waals surface area contributed by atoms with Gasteiger partial charge in [-0.2, -0.15) is 0 Å². The smallest absolute Gasteiger partial charge is 0.181 e. The molecule has 0 bridgehead atoms. The number of benzene rings is 1. The van der Waals surface area contributed by atoms with Crippen LogP contribution in [0.25, 0.3) is 21.5 Å². The lowest BCUT2D eigenvalue weighted by atomic mass is 10.0. The van der Waals surface area contributed by atoms with E-state index in [0.717, 1.165) is 17.4 Å². The summed E-state index contributed by atoms with van der Waals surface area (Å²) < 4.78 is 28.5. The Morgan fingerprint density at radius 1 is 1.19 bits per heavy atom. The van der Waals surface area contributed by atoms with Crippen LogP contribution < -0.4 is 5.73 Å². The Morgan fingerprint density at radius 2 is 1.90 bits per heavy atom. The van der Waals surface area contributed by atoms with Crippen LogP contribution >= 0.6 is 22.9 Å². The first-order chi connectivity index (χ1) is 9.90. The summed E-state index contributed by atoms with van der Waals surface area (Å²) in [5, 5.41) is 8.13. The van der Waals surface area contributed by atoms with E-state index in [2.05, 4.69) is 15.2 Å². The molecule has 4 nitrogen and oxygen atoms in total. The van der Waals surface area contributed by atoms with Gasteiger partial charge in [0.25, 0.3) is 0 Å². The fraction of sp³-hybridized carbons (Fsp3) is 0.154. The molecule has 0 aliphatic rings. The van der Waals surface area contributed by atoms with Crippen molar-refractivity contribution in [3.05, 3.63) is 34.0 Å². The van der Waals surface area contributed by atoms with Crippen molar-refractivity contribution in [2.24, 2.45) is 0 Å². The van der Waals surface area contributed by atoms with Gasteiger partial charge in [0.05, 0.1) is 15.8 Å². The van der Waals surface area contributed by atoms with Crippen molar-refractivity contribution in [1.29, 1.82) is 0 Å². The molecular formula is C13H9ClF2N4S. The molecule has 2 N–H and O–H groups in total. The number of hydrogen-bond acceptors (Lipinski definition) is 5. The van der Waals surface area contributed by atoms with Crippen LogP contribution in [0.15, 0.2) is 6.07 Å². The number of anilines is 1. The second kappa shape index (κ2) is 4.85. The molecule has 0 amide bonds. The van der Waals surface area contributed by atoms with E-state index in [1.807, 2.05) is 0 Å². The van der Waals surface area contributed by atoms with E-state index in [4.69, 9.17) is 17.3 Å². The zero-order valence-electron chi connectivity index (χ0n) is 11.0. The SMILES string of the molecule is Cc1c(Cl)nnc(-c2c(F)c(F)cc3sc(N)nc23)c1C. The van der Waals surface area contributed by atoms with Gasteiger partial charge in [-0.1, -0.05) is 22.9 Å². The van der Waals surface area contributed by atoms with Gasteiger partial charge in [-0.3, -0.25) is 0 Å². The highest BCUT2D eigenvalue weighted by atomic mass is 35.5. The van der Waals surface area contributed by atoms with Gasteiger partial charge in [-0.05, 0) is 31.0 Å². The van der Waals surface area contributed by atoms with Crippen molar-refractivity contribution in [3.8, 4) is 11.3 Å². The van der Waals surface area contributed by atoms with Gasteiger partial charge in [-0.25, -0.2) is 13.8 Å². The van der Waals surface area contributed by atoms with E-state index in [1.54, 1.807) is 13.8 Å². The highest BCUT2D eigenvalue weighted by Crippen LogP contribution is 2.37. The monoisotopic (exact) mass is 326 g/mol. The molecule has 3 rings (SSSR count). The molecular weight excluding hydrogens is 318 g/mol. The normalized spacial score (nSPS) is 11.3. The number of thiazole rings is 1. The summed E-state index contributed by atoms with van der Waals surface area (Å²) in [7, 11) is 0. The first-order valence-electron chi connectivity index (χ1n) is 5.94. The molecule has 0 atom stereocenters. The van der Waals surface area contributed by atoms with Gasteiger partial charge in [0.15, 0.2) is 21.9 Å². The summed E-state index contributed by atoms with van der Waals surface area (Å²) in [6.45, 7) is 3.46. The molecule has 3 aromatic rings. The number of fused-ring (bicyclic) bond motifs is 1. The Kier molecular flexibility index (Phi) is 3.26. The zero-order valence-corrected chi connectivity index (χ0v) is 12.6. The Labute approximate surface area is 127 Å². The van der Waals surface area contributed by atoms with Crippen LogP contribution in [0.5, 0.6) is 0 Å². The lowest BCUT2D eigenvalue weighted by Gasteiger charge is -2.10. The number of rotatable bonds is 1. The number of halogens is 3. The van der Waals surface area contributed by atoms with Crippen molar-refractivity contribution >= 4 is 38.3 Å². The minimum Gasteiger partial charge on any atom is -0.375 e. The summed E-state index contributed by atoms with van der Waals surface area (Å²) in [4.78, 5) is 4.07. The Hall–Kier alpha value is -1.86. The van der Waals surface area contributed by atoms with Crippen LogP contribution in [-0.4, -0.2) is 15.2 Å². The van der Waals surface area contributed by atoms with Crippen molar-refractivity contribution in [1.82, 2.24) is 15.2 Å². The quantitative estimate of drug-likeness (QED) is 0.737. The van der Waals surface area contributed by atoms with E-state index < -0.39 is 11.6 Å². The standard InChI is InChI=1S/C13H9ClF2N4S/c1-4-5(2)12(14)20-19-10(4)8-9(16)6(15)3-7-11(8)18-13(17)21-7/h3H,1-2H3,(H2,17,18). The molecule has 0 aliphatic carbocycles. The summed E-state index contributed by atoms with van der Waals surface area (Å²) in [5.41, 5.74) is 7.35. The maximum Gasteiger partial charge on any atom is 0.181 e. The zero-order chi connectivity index (χ0) is 15.3. The maximum atomic E-state index is 14.3. The Balaban J connectivity index is 2.44. The molecule has 0 radical (unpaired) electrons. The molecule has 0 spiro atoms. The number of aromatic nitrogens is 3. The van der Waals surface area contributed by atoms with E-state index in [1.165, 1.54) is 0 Å². The van der Waals surface area contributed by atoms with Crippen LogP contribution in [0.1, 0.15) is 11.1 Å². The third kappa shape index (κ3) is 2.13. The highest BCUT2D eigenvalue weighted by molar-refractivity contribution is 7.22. The van der Waals surface area contributed by atoms with E-state index >= 15 is 0 Å². The minimum absolute atomic E-state index is 0.0392. The molecule has 0 aliphatic heterocycles. The van der Waals surface area contributed by atoms with Crippen LogP contribution in [0, 0.1) is 25.5 Å². The summed E-state index contributed by atoms with van der Waals surface area (Å²) in [5.74, 6) is -2.00. The third-order valence-electron chi connectivity index (χ3n) is 3.30. The number of nitrogen functional groups attached to an aromatic ring is 1. The largest absolute Gasteiger partial charge is 0.375 e. The fourth-order valence-electron chi connectivity index (χ4n) is 2.06. The summed E-state index contributed by atoms with van der Waals surface area (Å²) in [6.07, 6.45) is 0. The van der Waals surface area contributed by atoms with Gasteiger partial charge in [0, 0.05) is 0 Å². The van der Waals surface area contributed by atoms with E-state index in [-0.39, 0.29) is 27.1 Å². The van der Waals surface area contributed by atoms with Crippen molar-refractivity contribution in [2.75, 3.05) is 5.73 Å². The van der Waals surface area contributed by atoms with Gasteiger partial charge < -0.3 is 5.73 Å². The van der Waals surface area contributed by atoms with Gasteiger partial charge in [0.2, 0.25) is 0 Å². The highest BCUT2D eigenvalue weighted by Gasteiger charge is 2.22. The summed E-state index contributed by atoms with van der Waals surface area (Å²) >= 11 is 6.97. The first kappa shape index (κ1) is 14.1. The van der Waals surface area contributed by atoms with Crippen molar-refractivity contribution in [2.45, 2.75) is 13.8 Å². The predicted molar refractivity (Wildman–Crippen MR) is 79.5 cm³/mol. The Morgan fingerprint density at radius 3 is 2.62 bits per heavy atom.